The second-order valence-corrected chi connectivity index (χ2v) is 8.94. The number of rotatable bonds is 4. The summed E-state index contributed by atoms with van der Waals surface area (Å²) < 4.78 is 1.88. The van der Waals surface area contributed by atoms with Crippen molar-refractivity contribution in [2.24, 2.45) is 24.8 Å². The van der Waals surface area contributed by atoms with Crippen LogP contribution in [0.25, 0.3) is 11.0 Å². The zero-order valence-corrected chi connectivity index (χ0v) is 15.8. The van der Waals surface area contributed by atoms with Crippen LogP contribution in [-0.2, 0) is 7.05 Å². The molecule has 0 spiro atoms. The van der Waals surface area contributed by atoms with Gasteiger partial charge in [-0.3, -0.25) is 5.10 Å². The third-order valence-corrected chi connectivity index (χ3v) is 6.80. The average Bonchev–Trinajstić information content (AvgIpc) is 3.25. The summed E-state index contributed by atoms with van der Waals surface area (Å²) in [5.74, 6) is 3.67. The maximum absolute atomic E-state index is 10.8. The molecule has 0 saturated heterocycles. The third kappa shape index (κ3) is 2.56. The molecular weight excluding hydrogens is 356 g/mol. The van der Waals surface area contributed by atoms with E-state index in [-0.39, 0.29) is 0 Å². The van der Waals surface area contributed by atoms with E-state index in [1.807, 2.05) is 17.8 Å². The van der Waals surface area contributed by atoms with Crippen LogP contribution < -0.4 is 10.6 Å². The van der Waals surface area contributed by atoms with Gasteiger partial charge in [0.2, 0.25) is 5.95 Å². The highest BCUT2D eigenvalue weighted by atomic mass is 16.3. The van der Waals surface area contributed by atoms with E-state index in [0.29, 0.717) is 41.2 Å². The largest absolute Gasteiger partial charge is 0.390 e. The van der Waals surface area contributed by atoms with Gasteiger partial charge in [-0.15, -0.1) is 0 Å². The summed E-state index contributed by atoms with van der Waals surface area (Å²) in [6, 6.07) is 0.319. The minimum Gasteiger partial charge on any atom is -0.390 e. The number of nitrogens with one attached hydrogen (secondary N) is 3. The van der Waals surface area contributed by atoms with Gasteiger partial charge in [-0.2, -0.15) is 15.1 Å². The van der Waals surface area contributed by atoms with Crippen molar-refractivity contribution in [2.45, 2.75) is 43.7 Å². The molecule has 0 aromatic carbocycles. The number of fused-ring (bicyclic) bond motifs is 1. The van der Waals surface area contributed by atoms with Gasteiger partial charge in [0.05, 0.1) is 23.5 Å². The summed E-state index contributed by atoms with van der Waals surface area (Å²) in [6.07, 6.45) is 10.5. The van der Waals surface area contributed by atoms with Crippen molar-refractivity contribution in [1.82, 2.24) is 29.7 Å². The first-order valence-electron chi connectivity index (χ1n) is 10.00. The van der Waals surface area contributed by atoms with Crippen molar-refractivity contribution in [1.29, 1.82) is 0 Å². The van der Waals surface area contributed by atoms with Gasteiger partial charge in [-0.05, 0) is 49.9 Å². The number of nitrogens with zero attached hydrogens (tertiary/aromatic N) is 5. The number of H-pyrrole nitrogens is 1. The molecule has 0 aliphatic heterocycles. The molecule has 9 heteroatoms. The molecule has 0 amide bonds. The topological polar surface area (TPSA) is 117 Å². The molecule has 2 unspecified atom stereocenters. The van der Waals surface area contributed by atoms with Crippen molar-refractivity contribution in [2.75, 3.05) is 10.6 Å². The van der Waals surface area contributed by atoms with Crippen molar-refractivity contribution in [3.05, 3.63) is 18.7 Å². The molecule has 7 rings (SSSR count). The Morgan fingerprint density at radius 3 is 2.75 bits per heavy atom. The van der Waals surface area contributed by atoms with Crippen LogP contribution in [-0.4, -0.2) is 46.5 Å². The number of aromatic amines is 1. The highest BCUT2D eigenvalue weighted by Crippen LogP contribution is 2.56. The van der Waals surface area contributed by atoms with Crippen LogP contribution in [0.15, 0.2) is 18.7 Å². The SMILES string of the molecule is Cn1cnc(Nc2nc(NC3C4CC5CC3CC(O)(C5)C4)nc3[nH]ncc23)c1. The predicted octanol–water partition coefficient (Wildman–Crippen LogP) is 2.18. The molecule has 4 fully saturated rings. The highest BCUT2D eigenvalue weighted by molar-refractivity contribution is 5.88. The molecule has 2 atom stereocenters. The zero-order valence-electron chi connectivity index (χ0n) is 15.8. The first-order chi connectivity index (χ1) is 13.5. The van der Waals surface area contributed by atoms with Crippen LogP contribution in [0.4, 0.5) is 17.6 Å². The van der Waals surface area contributed by atoms with Crippen molar-refractivity contribution in [3.63, 3.8) is 0 Å². The van der Waals surface area contributed by atoms with Gasteiger partial charge >= 0.3 is 0 Å². The minimum absolute atomic E-state index is 0.319. The van der Waals surface area contributed by atoms with E-state index < -0.39 is 5.60 Å². The Balaban J connectivity index is 1.31. The lowest BCUT2D eigenvalue weighted by molar-refractivity contribution is -0.129. The monoisotopic (exact) mass is 380 g/mol. The first-order valence-corrected chi connectivity index (χ1v) is 10.00. The molecule has 0 radical (unpaired) electrons. The van der Waals surface area contributed by atoms with E-state index in [1.165, 1.54) is 12.8 Å². The lowest BCUT2D eigenvalue weighted by Gasteiger charge is -2.58. The molecule has 3 aromatic heterocycles. The van der Waals surface area contributed by atoms with Crippen LogP contribution in [0.1, 0.15) is 32.1 Å². The summed E-state index contributed by atoms with van der Waals surface area (Å²) >= 11 is 0. The Bertz CT molecular complexity index is 1030. The van der Waals surface area contributed by atoms with E-state index in [1.54, 1.807) is 12.5 Å². The Labute approximate surface area is 162 Å². The summed E-state index contributed by atoms with van der Waals surface area (Å²) in [5, 5.41) is 25.6. The van der Waals surface area contributed by atoms with E-state index in [2.05, 4.69) is 30.8 Å². The predicted molar refractivity (Wildman–Crippen MR) is 104 cm³/mol. The Morgan fingerprint density at radius 2 is 2.04 bits per heavy atom. The Hall–Kier alpha value is -2.68. The van der Waals surface area contributed by atoms with Gasteiger partial charge in [-0.1, -0.05) is 0 Å². The normalized spacial score (nSPS) is 33.5. The van der Waals surface area contributed by atoms with Crippen molar-refractivity contribution in [3.8, 4) is 0 Å². The van der Waals surface area contributed by atoms with Gasteiger partial charge in [-0.25, -0.2) is 4.98 Å². The summed E-state index contributed by atoms with van der Waals surface area (Å²) in [7, 11) is 1.93. The van der Waals surface area contributed by atoms with Crippen molar-refractivity contribution >= 4 is 28.6 Å². The molecule has 4 aliphatic rings. The van der Waals surface area contributed by atoms with Crippen LogP contribution in [0.3, 0.4) is 0 Å². The summed E-state index contributed by atoms with van der Waals surface area (Å²) in [5.41, 5.74) is 0.257. The number of hydrogen-bond acceptors (Lipinski definition) is 7. The van der Waals surface area contributed by atoms with Crippen LogP contribution in [0, 0.1) is 17.8 Å². The minimum atomic E-state index is -0.436. The van der Waals surface area contributed by atoms with E-state index in [9.17, 15) is 5.11 Å². The van der Waals surface area contributed by atoms with Gasteiger partial charge in [0.25, 0.3) is 0 Å². The quantitative estimate of drug-likeness (QED) is 0.548. The molecule has 4 saturated carbocycles. The first kappa shape index (κ1) is 16.3. The molecule has 4 bridgehead atoms. The molecule has 146 valence electrons. The number of hydrogen-bond donors (Lipinski definition) is 4. The molecule has 9 nitrogen and oxygen atoms in total. The second kappa shape index (κ2) is 5.66. The fourth-order valence-corrected chi connectivity index (χ4v) is 5.96. The number of imidazole rings is 1. The number of anilines is 3. The van der Waals surface area contributed by atoms with E-state index in [0.717, 1.165) is 30.5 Å². The smallest absolute Gasteiger partial charge is 0.226 e. The second-order valence-electron chi connectivity index (χ2n) is 8.94. The van der Waals surface area contributed by atoms with Gasteiger partial charge in [0, 0.05) is 19.3 Å². The van der Waals surface area contributed by atoms with Crippen molar-refractivity contribution < 1.29 is 5.11 Å². The summed E-state index contributed by atoms with van der Waals surface area (Å²) in [6.45, 7) is 0. The molecule has 3 heterocycles. The molecular formula is C19H24N8O. The third-order valence-electron chi connectivity index (χ3n) is 6.80. The molecule has 28 heavy (non-hydrogen) atoms. The Kier molecular flexibility index (Phi) is 3.30. The van der Waals surface area contributed by atoms with Gasteiger partial charge in [0.1, 0.15) is 11.6 Å². The number of aryl methyl sites for hydroxylation is 1. The van der Waals surface area contributed by atoms with E-state index in [4.69, 9.17) is 4.98 Å². The van der Waals surface area contributed by atoms with E-state index >= 15 is 0 Å². The number of aromatic nitrogens is 6. The maximum Gasteiger partial charge on any atom is 0.226 e. The van der Waals surface area contributed by atoms with Crippen LogP contribution in [0.5, 0.6) is 0 Å². The Morgan fingerprint density at radius 1 is 1.21 bits per heavy atom. The summed E-state index contributed by atoms with van der Waals surface area (Å²) in [4.78, 5) is 13.7. The van der Waals surface area contributed by atoms with Crippen LogP contribution in [0.2, 0.25) is 0 Å². The highest BCUT2D eigenvalue weighted by Gasteiger charge is 2.54. The molecule has 4 aliphatic carbocycles. The zero-order chi connectivity index (χ0) is 18.9. The standard InChI is InChI=1S/C19H24N8O/c1-27-8-14(20-9-27)22-16-13-7-21-26-17(13)25-18(24-16)23-15-11-2-10-3-12(15)6-19(28,4-10)5-11/h7-12,15,28H,2-6H2,1H3,(H3,21,22,23,24,25,26). The lowest BCUT2D eigenvalue weighted by atomic mass is 9.52. The molecule has 3 aromatic rings. The maximum atomic E-state index is 10.8. The average molecular weight is 380 g/mol. The lowest BCUT2D eigenvalue weighted by Crippen LogP contribution is -2.59. The molecule has 4 N–H and O–H groups in total. The van der Waals surface area contributed by atoms with Crippen LogP contribution >= 0.6 is 0 Å². The number of aliphatic hydroxyl groups is 1. The van der Waals surface area contributed by atoms with Gasteiger partial charge in [0.15, 0.2) is 5.65 Å². The van der Waals surface area contributed by atoms with Gasteiger partial charge < -0.3 is 20.3 Å². The fraction of sp³-hybridized carbons (Fsp3) is 0.579. The fourth-order valence-electron chi connectivity index (χ4n) is 5.96.